The summed E-state index contributed by atoms with van der Waals surface area (Å²) in [7, 11) is 1.75. The number of rotatable bonds is 8. The van der Waals surface area contributed by atoms with E-state index in [0.717, 1.165) is 10.0 Å². The zero-order valence-electron chi connectivity index (χ0n) is 14.9. The first-order valence-corrected chi connectivity index (χ1v) is 9.15. The molecule has 1 aromatic heterocycles. The SMILES string of the molecule is CCOc1cc(CNc2nnnn2C)cc(Br)c1OCc1ccccc1F. The fourth-order valence-corrected chi connectivity index (χ4v) is 3.06. The first-order chi connectivity index (χ1) is 13.1. The largest absolute Gasteiger partial charge is 0.490 e. The minimum Gasteiger partial charge on any atom is -0.490 e. The molecular weight excluding hydrogens is 417 g/mol. The summed E-state index contributed by atoms with van der Waals surface area (Å²) in [6, 6.07) is 10.3. The van der Waals surface area contributed by atoms with Gasteiger partial charge in [0.25, 0.3) is 0 Å². The molecule has 142 valence electrons. The van der Waals surface area contributed by atoms with Crippen LogP contribution in [0.2, 0.25) is 0 Å². The number of hydrogen-bond donors (Lipinski definition) is 1. The summed E-state index contributed by atoms with van der Waals surface area (Å²) in [4.78, 5) is 0. The molecule has 1 heterocycles. The first-order valence-electron chi connectivity index (χ1n) is 8.36. The highest BCUT2D eigenvalue weighted by molar-refractivity contribution is 9.10. The van der Waals surface area contributed by atoms with Gasteiger partial charge in [0.2, 0.25) is 5.95 Å². The van der Waals surface area contributed by atoms with Gasteiger partial charge in [0, 0.05) is 19.2 Å². The van der Waals surface area contributed by atoms with E-state index in [1.165, 1.54) is 6.07 Å². The Morgan fingerprint density at radius 1 is 1.22 bits per heavy atom. The molecule has 0 bridgehead atoms. The number of hydrogen-bond acceptors (Lipinski definition) is 6. The van der Waals surface area contributed by atoms with Crippen molar-refractivity contribution in [2.45, 2.75) is 20.1 Å². The molecule has 0 saturated carbocycles. The lowest BCUT2D eigenvalue weighted by Crippen LogP contribution is -2.07. The maximum atomic E-state index is 13.8. The van der Waals surface area contributed by atoms with Crippen LogP contribution in [0.25, 0.3) is 0 Å². The third-order valence-electron chi connectivity index (χ3n) is 3.77. The number of halogens is 2. The van der Waals surface area contributed by atoms with Crippen molar-refractivity contribution < 1.29 is 13.9 Å². The van der Waals surface area contributed by atoms with Crippen LogP contribution in [0.1, 0.15) is 18.1 Å². The lowest BCUT2D eigenvalue weighted by molar-refractivity contribution is 0.264. The van der Waals surface area contributed by atoms with Crippen LogP contribution in [0, 0.1) is 5.82 Å². The van der Waals surface area contributed by atoms with E-state index in [1.54, 1.807) is 29.9 Å². The van der Waals surface area contributed by atoms with Crippen LogP contribution in [0.3, 0.4) is 0 Å². The molecule has 0 unspecified atom stereocenters. The predicted molar refractivity (Wildman–Crippen MR) is 102 cm³/mol. The summed E-state index contributed by atoms with van der Waals surface area (Å²) < 4.78 is 27.6. The summed E-state index contributed by atoms with van der Waals surface area (Å²) >= 11 is 3.52. The Balaban J connectivity index is 1.77. The Labute approximate surface area is 164 Å². The predicted octanol–water partition coefficient (Wildman–Crippen LogP) is 3.70. The summed E-state index contributed by atoms with van der Waals surface area (Å²) in [5.41, 5.74) is 1.43. The number of ether oxygens (including phenoxy) is 2. The van der Waals surface area contributed by atoms with Crippen LogP contribution in [0.4, 0.5) is 10.3 Å². The van der Waals surface area contributed by atoms with Crippen LogP contribution >= 0.6 is 15.9 Å². The van der Waals surface area contributed by atoms with E-state index >= 15 is 0 Å². The van der Waals surface area contributed by atoms with E-state index in [1.807, 2.05) is 19.1 Å². The highest BCUT2D eigenvalue weighted by Crippen LogP contribution is 2.37. The fraction of sp³-hybridized carbons (Fsp3) is 0.278. The summed E-state index contributed by atoms with van der Waals surface area (Å²) in [6.45, 7) is 2.98. The van der Waals surface area contributed by atoms with Crippen LogP contribution in [-0.2, 0) is 20.2 Å². The molecule has 0 aliphatic rings. The van der Waals surface area contributed by atoms with Crippen LogP contribution in [-0.4, -0.2) is 26.8 Å². The minimum atomic E-state index is -0.301. The first kappa shape index (κ1) is 19.1. The molecule has 0 amide bonds. The van der Waals surface area contributed by atoms with Gasteiger partial charge in [-0.1, -0.05) is 23.3 Å². The van der Waals surface area contributed by atoms with Gasteiger partial charge in [-0.3, -0.25) is 0 Å². The number of benzene rings is 2. The number of aryl methyl sites for hydroxylation is 1. The molecule has 0 aliphatic carbocycles. The molecule has 3 aromatic rings. The van der Waals surface area contributed by atoms with Crippen molar-refractivity contribution in [1.82, 2.24) is 20.2 Å². The molecule has 0 aliphatic heterocycles. The number of tetrazole rings is 1. The average molecular weight is 436 g/mol. The zero-order chi connectivity index (χ0) is 19.2. The second-order valence-corrected chi connectivity index (χ2v) is 6.55. The molecule has 2 aromatic carbocycles. The maximum Gasteiger partial charge on any atom is 0.242 e. The summed E-state index contributed by atoms with van der Waals surface area (Å²) in [6.07, 6.45) is 0. The molecule has 0 atom stereocenters. The molecule has 27 heavy (non-hydrogen) atoms. The minimum absolute atomic E-state index is 0.105. The number of aromatic nitrogens is 4. The van der Waals surface area contributed by atoms with Gasteiger partial charge in [0.15, 0.2) is 11.5 Å². The van der Waals surface area contributed by atoms with E-state index in [0.29, 0.717) is 36.2 Å². The fourth-order valence-electron chi connectivity index (χ4n) is 2.45. The Morgan fingerprint density at radius 2 is 2.04 bits per heavy atom. The summed E-state index contributed by atoms with van der Waals surface area (Å²) in [5, 5.41) is 14.4. The Morgan fingerprint density at radius 3 is 2.74 bits per heavy atom. The standard InChI is InChI=1S/C18H19BrFN5O2/c1-3-26-16-9-12(10-21-18-22-23-24-25(18)2)8-14(19)17(16)27-11-13-6-4-5-7-15(13)20/h4-9H,3,10-11H2,1-2H3,(H,21,22,24). The second-order valence-electron chi connectivity index (χ2n) is 5.70. The van der Waals surface area contributed by atoms with Crippen LogP contribution in [0.5, 0.6) is 11.5 Å². The van der Waals surface area contributed by atoms with Gasteiger partial charge in [-0.2, -0.15) is 0 Å². The van der Waals surface area contributed by atoms with Crippen molar-refractivity contribution in [1.29, 1.82) is 0 Å². The quantitative estimate of drug-likeness (QED) is 0.581. The third-order valence-corrected chi connectivity index (χ3v) is 4.36. The molecule has 3 rings (SSSR count). The molecule has 9 heteroatoms. The van der Waals surface area contributed by atoms with E-state index in [-0.39, 0.29) is 12.4 Å². The van der Waals surface area contributed by atoms with Crippen molar-refractivity contribution in [3.63, 3.8) is 0 Å². The average Bonchev–Trinajstić information content (AvgIpc) is 3.06. The van der Waals surface area contributed by atoms with E-state index < -0.39 is 0 Å². The van der Waals surface area contributed by atoms with Crippen LogP contribution in [0.15, 0.2) is 40.9 Å². The van der Waals surface area contributed by atoms with E-state index in [2.05, 4.69) is 36.8 Å². The van der Waals surface area contributed by atoms with Crippen LogP contribution < -0.4 is 14.8 Å². The molecule has 7 nitrogen and oxygen atoms in total. The van der Waals surface area contributed by atoms with Gasteiger partial charge in [0.05, 0.1) is 11.1 Å². The zero-order valence-corrected chi connectivity index (χ0v) is 16.5. The van der Waals surface area contributed by atoms with Gasteiger partial charge in [-0.25, -0.2) is 9.07 Å². The maximum absolute atomic E-state index is 13.8. The van der Waals surface area contributed by atoms with Gasteiger partial charge in [-0.15, -0.1) is 0 Å². The highest BCUT2D eigenvalue weighted by atomic mass is 79.9. The topological polar surface area (TPSA) is 74.1 Å². The molecule has 0 fully saturated rings. The lowest BCUT2D eigenvalue weighted by atomic mass is 10.2. The number of nitrogens with one attached hydrogen (secondary N) is 1. The molecule has 1 N–H and O–H groups in total. The monoisotopic (exact) mass is 435 g/mol. The lowest BCUT2D eigenvalue weighted by Gasteiger charge is -2.16. The highest BCUT2D eigenvalue weighted by Gasteiger charge is 2.14. The molecule has 0 spiro atoms. The van der Waals surface area contributed by atoms with Gasteiger partial charge < -0.3 is 14.8 Å². The smallest absolute Gasteiger partial charge is 0.242 e. The van der Waals surface area contributed by atoms with Gasteiger partial charge in [0.1, 0.15) is 12.4 Å². The van der Waals surface area contributed by atoms with Gasteiger partial charge in [-0.05, 0) is 57.0 Å². The van der Waals surface area contributed by atoms with Crippen molar-refractivity contribution in [2.75, 3.05) is 11.9 Å². The molecule has 0 saturated heterocycles. The Bertz CT molecular complexity index is 919. The van der Waals surface area contributed by atoms with Crippen molar-refractivity contribution in [3.8, 4) is 11.5 Å². The Kier molecular flexibility index (Phi) is 6.23. The molecule has 0 radical (unpaired) electrons. The molecular formula is C18H19BrFN5O2. The van der Waals surface area contributed by atoms with Crippen molar-refractivity contribution in [3.05, 3.63) is 57.8 Å². The van der Waals surface area contributed by atoms with Gasteiger partial charge >= 0.3 is 0 Å². The van der Waals surface area contributed by atoms with Crippen molar-refractivity contribution >= 4 is 21.9 Å². The third kappa shape index (κ3) is 4.73. The van der Waals surface area contributed by atoms with E-state index in [9.17, 15) is 4.39 Å². The second kappa shape index (κ2) is 8.81. The summed E-state index contributed by atoms with van der Waals surface area (Å²) in [5.74, 6) is 1.37. The number of nitrogens with zero attached hydrogens (tertiary/aromatic N) is 4. The Hall–Kier alpha value is -2.68. The normalized spacial score (nSPS) is 10.7. The van der Waals surface area contributed by atoms with Crippen molar-refractivity contribution in [2.24, 2.45) is 7.05 Å². The van der Waals surface area contributed by atoms with E-state index in [4.69, 9.17) is 9.47 Å². The number of anilines is 1.